The molecule has 1 saturated heterocycles. The van der Waals surface area contributed by atoms with Crippen molar-refractivity contribution in [2.45, 2.75) is 6.42 Å². The fraction of sp³-hybridized carbons (Fsp3) is 0.238. The van der Waals surface area contributed by atoms with E-state index in [9.17, 15) is 4.79 Å². The van der Waals surface area contributed by atoms with Crippen LogP contribution >= 0.6 is 15.9 Å². The van der Waals surface area contributed by atoms with E-state index in [2.05, 4.69) is 54.5 Å². The van der Waals surface area contributed by atoms with E-state index in [0.29, 0.717) is 18.2 Å². The molecule has 1 atom stereocenters. The van der Waals surface area contributed by atoms with Crippen LogP contribution < -0.4 is 10.2 Å². The number of carbonyl (C=O) groups is 1. The molecule has 138 valence electrons. The predicted octanol–water partition coefficient (Wildman–Crippen LogP) is 4.10. The van der Waals surface area contributed by atoms with Crippen molar-refractivity contribution in [3.8, 4) is 11.3 Å². The molecule has 0 aliphatic carbocycles. The van der Waals surface area contributed by atoms with E-state index >= 15 is 0 Å². The van der Waals surface area contributed by atoms with Crippen molar-refractivity contribution in [1.82, 2.24) is 15.5 Å². The number of hydrogen-bond acceptors (Lipinski definition) is 3. The lowest BCUT2D eigenvalue weighted by atomic mass is 10.1. The Morgan fingerprint density at radius 1 is 1.19 bits per heavy atom. The van der Waals surface area contributed by atoms with Gasteiger partial charge >= 0.3 is 0 Å². The quantitative estimate of drug-likeness (QED) is 0.647. The summed E-state index contributed by atoms with van der Waals surface area (Å²) < 4.78 is 1.09. The van der Waals surface area contributed by atoms with Gasteiger partial charge in [-0.15, -0.1) is 0 Å². The number of nitrogens with zero attached hydrogens (tertiary/aromatic N) is 2. The molecule has 5 nitrogen and oxygen atoms in total. The van der Waals surface area contributed by atoms with E-state index in [-0.39, 0.29) is 5.91 Å². The zero-order valence-electron chi connectivity index (χ0n) is 14.9. The second-order valence-electron chi connectivity index (χ2n) is 6.82. The van der Waals surface area contributed by atoms with Crippen LogP contribution in [0.1, 0.15) is 16.9 Å². The van der Waals surface area contributed by atoms with Gasteiger partial charge in [-0.2, -0.15) is 5.10 Å². The summed E-state index contributed by atoms with van der Waals surface area (Å²) in [5.41, 5.74) is 3.49. The number of nitrogens with one attached hydrogen (secondary N) is 2. The molecular formula is C21H21BrN4O. The smallest absolute Gasteiger partial charge is 0.269 e. The molecule has 2 N–H and O–H groups in total. The second-order valence-corrected chi connectivity index (χ2v) is 7.74. The molecule has 0 spiro atoms. The van der Waals surface area contributed by atoms with E-state index in [4.69, 9.17) is 0 Å². The lowest BCUT2D eigenvalue weighted by Crippen LogP contribution is -2.31. The van der Waals surface area contributed by atoms with Gasteiger partial charge < -0.3 is 10.2 Å². The van der Waals surface area contributed by atoms with Crippen LogP contribution in [0.3, 0.4) is 0 Å². The van der Waals surface area contributed by atoms with Crippen molar-refractivity contribution in [2.24, 2.45) is 5.92 Å². The Kier molecular flexibility index (Phi) is 5.25. The first kappa shape index (κ1) is 17.8. The Morgan fingerprint density at radius 3 is 2.85 bits per heavy atom. The summed E-state index contributed by atoms with van der Waals surface area (Å²) in [6, 6.07) is 20.0. The fourth-order valence-electron chi connectivity index (χ4n) is 3.43. The molecule has 1 aliphatic heterocycles. The molecule has 0 radical (unpaired) electrons. The summed E-state index contributed by atoms with van der Waals surface area (Å²) in [6.07, 6.45) is 1.07. The van der Waals surface area contributed by atoms with Gasteiger partial charge in [-0.05, 0) is 36.6 Å². The Labute approximate surface area is 166 Å². The van der Waals surface area contributed by atoms with E-state index in [1.165, 1.54) is 5.69 Å². The van der Waals surface area contributed by atoms with Crippen LogP contribution in [-0.4, -0.2) is 35.7 Å². The third-order valence-corrected chi connectivity index (χ3v) is 5.40. The summed E-state index contributed by atoms with van der Waals surface area (Å²) in [6.45, 7) is 2.64. The van der Waals surface area contributed by atoms with Gasteiger partial charge in [0, 0.05) is 35.4 Å². The van der Waals surface area contributed by atoms with Gasteiger partial charge in [-0.3, -0.25) is 9.89 Å². The van der Waals surface area contributed by atoms with Gasteiger partial charge in [0.1, 0.15) is 5.69 Å². The third kappa shape index (κ3) is 4.22. The van der Waals surface area contributed by atoms with Gasteiger partial charge in [-0.25, -0.2) is 0 Å². The van der Waals surface area contributed by atoms with E-state index in [0.717, 1.165) is 35.2 Å². The number of aromatic nitrogens is 2. The minimum absolute atomic E-state index is 0.106. The first-order valence-corrected chi connectivity index (χ1v) is 9.88. The van der Waals surface area contributed by atoms with Crippen LogP contribution in [0.2, 0.25) is 0 Å². The number of aromatic amines is 1. The van der Waals surface area contributed by atoms with Crippen molar-refractivity contribution >= 4 is 27.5 Å². The maximum atomic E-state index is 12.4. The molecule has 0 saturated carbocycles. The van der Waals surface area contributed by atoms with Crippen LogP contribution in [0.5, 0.6) is 0 Å². The highest BCUT2D eigenvalue weighted by atomic mass is 79.9. The molecule has 4 rings (SSSR count). The molecule has 1 aromatic heterocycles. The topological polar surface area (TPSA) is 61.0 Å². The molecule has 0 bridgehead atoms. The van der Waals surface area contributed by atoms with E-state index in [1.807, 2.05) is 36.4 Å². The summed E-state index contributed by atoms with van der Waals surface area (Å²) in [4.78, 5) is 14.8. The second kappa shape index (κ2) is 7.96. The first-order chi connectivity index (χ1) is 13.2. The number of benzene rings is 2. The lowest BCUT2D eigenvalue weighted by molar-refractivity contribution is 0.0943. The zero-order valence-corrected chi connectivity index (χ0v) is 16.4. The number of halogens is 1. The molecule has 6 heteroatoms. The van der Waals surface area contributed by atoms with Crippen LogP contribution in [0.25, 0.3) is 11.3 Å². The number of anilines is 1. The molecular weight excluding hydrogens is 404 g/mol. The number of carbonyl (C=O) groups excluding carboxylic acids is 1. The van der Waals surface area contributed by atoms with Gasteiger partial charge in [0.05, 0.1) is 5.69 Å². The van der Waals surface area contributed by atoms with Crippen molar-refractivity contribution in [1.29, 1.82) is 0 Å². The van der Waals surface area contributed by atoms with Crippen LogP contribution in [-0.2, 0) is 0 Å². The van der Waals surface area contributed by atoms with E-state index in [1.54, 1.807) is 6.07 Å². The fourth-order valence-corrected chi connectivity index (χ4v) is 3.82. The van der Waals surface area contributed by atoms with Gasteiger partial charge in [0.25, 0.3) is 5.91 Å². The summed E-state index contributed by atoms with van der Waals surface area (Å²) in [5, 5.41) is 10.1. The minimum atomic E-state index is -0.106. The molecule has 1 aliphatic rings. The number of rotatable bonds is 5. The Balaban J connectivity index is 1.32. The SMILES string of the molecule is O=C(NCC1CCN(c2cccc(Br)c2)C1)c1cc(-c2ccccc2)n[nH]1. The monoisotopic (exact) mass is 424 g/mol. The minimum Gasteiger partial charge on any atom is -0.371 e. The molecule has 27 heavy (non-hydrogen) atoms. The van der Waals surface area contributed by atoms with Crippen molar-refractivity contribution in [3.63, 3.8) is 0 Å². The Morgan fingerprint density at radius 2 is 2.04 bits per heavy atom. The zero-order chi connectivity index (χ0) is 18.6. The number of H-pyrrole nitrogens is 1. The summed E-state index contributed by atoms with van der Waals surface area (Å²) in [7, 11) is 0. The number of hydrogen-bond donors (Lipinski definition) is 2. The van der Waals surface area contributed by atoms with Crippen molar-refractivity contribution < 1.29 is 4.79 Å². The first-order valence-electron chi connectivity index (χ1n) is 9.08. The molecule has 2 heterocycles. The molecule has 1 amide bonds. The van der Waals surface area contributed by atoms with Crippen LogP contribution in [0.15, 0.2) is 65.1 Å². The normalized spacial score (nSPS) is 16.5. The maximum absolute atomic E-state index is 12.4. The standard InChI is InChI=1S/C21H21BrN4O/c22-17-7-4-8-18(11-17)26-10-9-15(14-26)13-23-21(27)20-12-19(24-25-20)16-5-2-1-3-6-16/h1-8,11-12,15H,9-10,13-14H2,(H,23,27)(H,24,25). The molecule has 1 fully saturated rings. The average Bonchev–Trinajstić information content (AvgIpc) is 3.37. The number of amides is 1. The highest BCUT2D eigenvalue weighted by molar-refractivity contribution is 9.10. The van der Waals surface area contributed by atoms with Gasteiger partial charge in [0.2, 0.25) is 0 Å². The summed E-state index contributed by atoms with van der Waals surface area (Å²) >= 11 is 3.53. The highest BCUT2D eigenvalue weighted by Gasteiger charge is 2.23. The predicted molar refractivity (Wildman–Crippen MR) is 111 cm³/mol. The van der Waals surface area contributed by atoms with Crippen LogP contribution in [0.4, 0.5) is 5.69 Å². The average molecular weight is 425 g/mol. The van der Waals surface area contributed by atoms with Crippen LogP contribution in [0, 0.1) is 5.92 Å². The molecule has 3 aromatic rings. The molecule has 2 aromatic carbocycles. The van der Waals surface area contributed by atoms with Crippen molar-refractivity contribution in [2.75, 3.05) is 24.5 Å². The lowest BCUT2D eigenvalue weighted by Gasteiger charge is -2.19. The Bertz CT molecular complexity index is 925. The molecule has 1 unspecified atom stereocenters. The Hall–Kier alpha value is -2.60. The highest BCUT2D eigenvalue weighted by Crippen LogP contribution is 2.26. The largest absolute Gasteiger partial charge is 0.371 e. The third-order valence-electron chi connectivity index (χ3n) is 4.90. The summed E-state index contributed by atoms with van der Waals surface area (Å²) in [5.74, 6) is 0.343. The maximum Gasteiger partial charge on any atom is 0.269 e. The van der Waals surface area contributed by atoms with Gasteiger partial charge in [-0.1, -0.05) is 52.3 Å². The van der Waals surface area contributed by atoms with E-state index < -0.39 is 0 Å². The van der Waals surface area contributed by atoms with Crippen molar-refractivity contribution in [3.05, 3.63) is 70.8 Å². The van der Waals surface area contributed by atoms with Gasteiger partial charge in [0.15, 0.2) is 0 Å².